The van der Waals surface area contributed by atoms with Crippen LogP contribution in [0.4, 0.5) is 0 Å². The lowest BCUT2D eigenvalue weighted by atomic mass is 10.1. The van der Waals surface area contributed by atoms with Crippen molar-refractivity contribution in [1.82, 2.24) is 0 Å². The Hall–Kier alpha value is -0.740. The quantitative estimate of drug-likeness (QED) is 0.792. The van der Waals surface area contributed by atoms with Crippen LogP contribution in [0.25, 0.3) is 0 Å². The number of fused-ring (bicyclic) bond motifs is 1. The lowest BCUT2D eigenvalue weighted by Crippen LogP contribution is -2.10. The largest absolute Gasteiger partial charge is 0.454 e. The van der Waals surface area contributed by atoms with Gasteiger partial charge in [-0.15, -0.1) is 0 Å². The number of methoxy groups -OCH3 is 1. The van der Waals surface area contributed by atoms with E-state index in [4.69, 9.17) is 14.2 Å². The molecule has 0 unspecified atom stereocenters. The molecule has 0 spiro atoms. The van der Waals surface area contributed by atoms with Crippen LogP contribution in [0.2, 0.25) is 0 Å². The summed E-state index contributed by atoms with van der Waals surface area (Å²) in [5.74, 6) is 1.60. The van der Waals surface area contributed by atoms with E-state index in [0.717, 1.165) is 17.1 Å². The molecule has 0 amide bonds. The van der Waals surface area contributed by atoms with Crippen LogP contribution in [0.5, 0.6) is 11.5 Å². The Labute approximate surface area is 97.5 Å². The molecule has 0 N–H and O–H groups in total. The van der Waals surface area contributed by atoms with Crippen LogP contribution in [0.15, 0.2) is 18.2 Å². The summed E-state index contributed by atoms with van der Waals surface area (Å²) >= 11 is 3.52. The maximum absolute atomic E-state index is 5.41. The van der Waals surface area contributed by atoms with Crippen LogP contribution < -0.4 is 9.47 Å². The summed E-state index contributed by atoms with van der Waals surface area (Å²) in [7, 11) is 1.70. The average Bonchev–Trinajstić information content (AvgIpc) is 2.65. The van der Waals surface area contributed by atoms with Gasteiger partial charge in [0.15, 0.2) is 11.5 Å². The van der Waals surface area contributed by atoms with Gasteiger partial charge >= 0.3 is 0 Å². The molecule has 0 saturated carbocycles. The number of rotatable bonds is 3. The molecular formula is C11H13BrO3. The van der Waals surface area contributed by atoms with E-state index in [0.29, 0.717) is 6.79 Å². The summed E-state index contributed by atoms with van der Waals surface area (Å²) in [6, 6.07) is 5.88. The number of hydrogen-bond acceptors (Lipinski definition) is 3. The summed E-state index contributed by atoms with van der Waals surface area (Å²) in [6.07, 6.45) is 0.0273. The molecular weight excluding hydrogens is 260 g/mol. The SMILES string of the molecule is CO[C@@H](c1ccc2c(c1)OCO2)[C@@H](C)Br. The maximum Gasteiger partial charge on any atom is 0.231 e. The molecule has 0 fully saturated rings. The standard InChI is InChI=1S/C11H13BrO3/c1-7(12)11(13-2)8-3-4-9-10(5-8)15-6-14-9/h3-5,7,11H,6H2,1-2H3/t7-,11-/m1/s1. The van der Waals surface area contributed by atoms with Crippen LogP contribution in [0.3, 0.4) is 0 Å². The van der Waals surface area contributed by atoms with Crippen LogP contribution in [0.1, 0.15) is 18.6 Å². The number of alkyl halides is 1. The average molecular weight is 273 g/mol. The molecule has 0 bridgehead atoms. The zero-order valence-electron chi connectivity index (χ0n) is 8.70. The third-order valence-corrected chi connectivity index (χ3v) is 2.88. The van der Waals surface area contributed by atoms with Crippen LogP contribution in [-0.4, -0.2) is 18.7 Å². The van der Waals surface area contributed by atoms with E-state index in [9.17, 15) is 0 Å². The zero-order valence-corrected chi connectivity index (χ0v) is 10.3. The minimum atomic E-state index is 0.0273. The molecule has 2 rings (SSSR count). The second kappa shape index (κ2) is 4.41. The van der Waals surface area contributed by atoms with Gasteiger partial charge in [-0.1, -0.05) is 22.0 Å². The molecule has 2 atom stereocenters. The van der Waals surface area contributed by atoms with Gasteiger partial charge in [-0.2, -0.15) is 0 Å². The number of halogens is 1. The minimum absolute atomic E-state index is 0.0273. The molecule has 0 aliphatic carbocycles. The van der Waals surface area contributed by atoms with Gasteiger partial charge in [-0.25, -0.2) is 0 Å². The number of benzene rings is 1. The highest BCUT2D eigenvalue weighted by Gasteiger charge is 2.20. The summed E-state index contributed by atoms with van der Waals surface area (Å²) in [5.41, 5.74) is 1.09. The fourth-order valence-electron chi connectivity index (χ4n) is 1.68. The Balaban J connectivity index is 2.28. The van der Waals surface area contributed by atoms with Crippen molar-refractivity contribution in [2.75, 3.05) is 13.9 Å². The predicted molar refractivity (Wildman–Crippen MR) is 60.7 cm³/mol. The normalized spacial score (nSPS) is 17.5. The van der Waals surface area contributed by atoms with Crippen LogP contribution in [0, 0.1) is 0 Å². The van der Waals surface area contributed by atoms with E-state index >= 15 is 0 Å². The topological polar surface area (TPSA) is 27.7 Å². The highest BCUT2D eigenvalue weighted by atomic mass is 79.9. The molecule has 3 nitrogen and oxygen atoms in total. The van der Waals surface area contributed by atoms with Gasteiger partial charge in [0.05, 0.1) is 6.10 Å². The van der Waals surface area contributed by atoms with E-state index in [-0.39, 0.29) is 10.9 Å². The van der Waals surface area contributed by atoms with Crippen molar-refractivity contribution in [3.8, 4) is 11.5 Å². The lowest BCUT2D eigenvalue weighted by Gasteiger charge is -2.18. The fraction of sp³-hybridized carbons (Fsp3) is 0.455. The van der Waals surface area contributed by atoms with E-state index in [2.05, 4.69) is 22.9 Å². The summed E-state index contributed by atoms with van der Waals surface area (Å²) < 4.78 is 16.0. The summed E-state index contributed by atoms with van der Waals surface area (Å²) in [5, 5.41) is 0. The molecule has 4 heteroatoms. The Morgan fingerprint density at radius 2 is 2.07 bits per heavy atom. The van der Waals surface area contributed by atoms with Crippen molar-refractivity contribution < 1.29 is 14.2 Å². The highest BCUT2D eigenvalue weighted by molar-refractivity contribution is 9.09. The second-order valence-electron chi connectivity index (χ2n) is 3.45. The van der Waals surface area contributed by atoms with Crippen LogP contribution >= 0.6 is 15.9 Å². The summed E-state index contributed by atoms with van der Waals surface area (Å²) in [4.78, 5) is 0.253. The molecule has 0 aromatic heterocycles. The van der Waals surface area contributed by atoms with Crippen molar-refractivity contribution >= 4 is 15.9 Å². The van der Waals surface area contributed by atoms with E-state index in [1.165, 1.54) is 0 Å². The van der Waals surface area contributed by atoms with Crippen LogP contribution in [-0.2, 0) is 4.74 Å². The van der Waals surface area contributed by atoms with Gasteiger partial charge in [-0.05, 0) is 24.6 Å². The predicted octanol–water partition coefficient (Wildman–Crippen LogP) is 2.89. The van der Waals surface area contributed by atoms with Crippen molar-refractivity contribution in [1.29, 1.82) is 0 Å². The van der Waals surface area contributed by atoms with Gasteiger partial charge in [0, 0.05) is 11.9 Å². The first-order valence-electron chi connectivity index (χ1n) is 4.79. The Morgan fingerprint density at radius 3 is 2.73 bits per heavy atom. The molecule has 1 aromatic rings. The number of hydrogen-bond donors (Lipinski definition) is 0. The van der Waals surface area contributed by atoms with Crippen molar-refractivity contribution in [2.24, 2.45) is 0 Å². The smallest absolute Gasteiger partial charge is 0.231 e. The molecule has 1 aliphatic heterocycles. The van der Waals surface area contributed by atoms with Crippen molar-refractivity contribution in [2.45, 2.75) is 17.9 Å². The first-order chi connectivity index (χ1) is 7.22. The first-order valence-corrected chi connectivity index (χ1v) is 5.70. The Kier molecular flexibility index (Phi) is 3.17. The molecule has 1 aliphatic rings. The van der Waals surface area contributed by atoms with Gasteiger partial charge in [-0.3, -0.25) is 0 Å². The maximum atomic E-state index is 5.41. The fourth-order valence-corrected chi connectivity index (χ4v) is 2.20. The van der Waals surface area contributed by atoms with Crippen molar-refractivity contribution in [3.63, 3.8) is 0 Å². The molecule has 1 heterocycles. The molecule has 0 saturated heterocycles. The second-order valence-corrected chi connectivity index (χ2v) is 4.89. The third-order valence-electron chi connectivity index (χ3n) is 2.40. The molecule has 0 radical (unpaired) electrons. The highest BCUT2D eigenvalue weighted by Crippen LogP contribution is 2.36. The van der Waals surface area contributed by atoms with Gasteiger partial charge < -0.3 is 14.2 Å². The molecule has 15 heavy (non-hydrogen) atoms. The van der Waals surface area contributed by atoms with Gasteiger partial charge in [0.25, 0.3) is 0 Å². The van der Waals surface area contributed by atoms with Gasteiger partial charge in [0.1, 0.15) is 0 Å². The first kappa shape index (κ1) is 10.8. The third kappa shape index (κ3) is 2.11. The summed E-state index contributed by atoms with van der Waals surface area (Å²) in [6.45, 7) is 2.36. The minimum Gasteiger partial charge on any atom is -0.454 e. The Bertz CT molecular complexity index is 352. The molecule has 1 aromatic carbocycles. The van der Waals surface area contributed by atoms with E-state index < -0.39 is 0 Å². The lowest BCUT2D eigenvalue weighted by molar-refractivity contribution is 0.106. The van der Waals surface area contributed by atoms with E-state index in [1.54, 1.807) is 7.11 Å². The van der Waals surface area contributed by atoms with Gasteiger partial charge in [0.2, 0.25) is 6.79 Å². The zero-order chi connectivity index (χ0) is 10.8. The van der Waals surface area contributed by atoms with E-state index in [1.807, 2.05) is 18.2 Å². The number of ether oxygens (including phenoxy) is 3. The Morgan fingerprint density at radius 1 is 1.33 bits per heavy atom. The molecule has 82 valence electrons. The van der Waals surface area contributed by atoms with Crippen molar-refractivity contribution in [3.05, 3.63) is 23.8 Å². The monoisotopic (exact) mass is 272 g/mol.